The van der Waals surface area contributed by atoms with E-state index in [-0.39, 0.29) is 17.5 Å². The van der Waals surface area contributed by atoms with E-state index < -0.39 is 5.82 Å². The van der Waals surface area contributed by atoms with Gasteiger partial charge in [-0.15, -0.1) is 0 Å². The van der Waals surface area contributed by atoms with Crippen LogP contribution in [0.5, 0.6) is 11.5 Å². The maximum absolute atomic E-state index is 13.4. The Morgan fingerprint density at radius 2 is 1.76 bits per heavy atom. The highest BCUT2D eigenvalue weighted by Gasteiger charge is 2.15. The normalized spacial score (nSPS) is 10.6. The van der Waals surface area contributed by atoms with Crippen LogP contribution in [0.15, 0.2) is 53.0 Å². The van der Waals surface area contributed by atoms with Crippen LogP contribution in [0.25, 0.3) is 0 Å². The summed E-state index contributed by atoms with van der Waals surface area (Å²) in [6.45, 7) is 4.39. The molecule has 3 aromatic carbocycles. The first kappa shape index (κ1) is 25.1. The van der Waals surface area contributed by atoms with Gasteiger partial charge in [-0.2, -0.15) is 0 Å². The van der Waals surface area contributed by atoms with E-state index in [1.165, 1.54) is 12.1 Å². The summed E-state index contributed by atoms with van der Waals surface area (Å²) in [7, 11) is 0. The number of hydrogen-bond acceptors (Lipinski definition) is 4. The highest BCUT2D eigenvalue weighted by atomic mass is 79.9. The summed E-state index contributed by atoms with van der Waals surface area (Å²) in [5, 5.41) is 6.56. The summed E-state index contributed by atoms with van der Waals surface area (Å²) in [4.78, 5) is 12.4. The van der Waals surface area contributed by atoms with Crippen molar-refractivity contribution in [3.63, 3.8) is 0 Å². The smallest absolute Gasteiger partial charge is 0.262 e. The molecule has 174 valence electrons. The molecule has 1 amide bonds. The van der Waals surface area contributed by atoms with Crippen molar-refractivity contribution in [3.8, 4) is 11.5 Å². The quantitative estimate of drug-likeness (QED) is 0.292. The standard InChI is InChI=1S/C24H22BrCl2FN2O3/c1-3-32-22-9-15(12-29-16-6-7-21(28)20(27)10-16)8-18(25)24(22)33-13-23(31)30-17-5-4-14(2)19(26)11-17/h4-11,29H,3,12-13H2,1-2H3,(H,30,31). The van der Waals surface area contributed by atoms with Crippen molar-refractivity contribution in [2.45, 2.75) is 20.4 Å². The fourth-order valence-corrected chi connectivity index (χ4v) is 3.91. The third kappa shape index (κ3) is 7.00. The maximum atomic E-state index is 13.4. The van der Waals surface area contributed by atoms with Crippen molar-refractivity contribution >= 4 is 56.4 Å². The van der Waals surface area contributed by atoms with E-state index in [1.807, 2.05) is 32.0 Å². The molecule has 0 fully saturated rings. The van der Waals surface area contributed by atoms with Gasteiger partial charge in [0.2, 0.25) is 0 Å². The predicted octanol–water partition coefficient (Wildman–Crippen LogP) is 7.23. The van der Waals surface area contributed by atoms with Gasteiger partial charge in [0.1, 0.15) is 5.82 Å². The highest BCUT2D eigenvalue weighted by Crippen LogP contribution is 2.37. The Balaban J connectivity index is 1.67. The SMILES string of the molecule is CCOc1cc(CNc2ccc(F)c(Cl)c2)cc(Br)c1OCC(=O)Nc1ccc(C)c(Cl)c1. The number of carbonyl (C=O) groups is 1. The molecular weight excluding hydrogens is 534 g/mol. The molecule has 0 unspecified atom stereocenters. The molecule has 2 N–H and O–H groups in total. The van der Waals surface area contributed by atoms with Crippen LogP contribution >= 0.6 is 39.1 Å². The summed E-state index contributed by atoms with van der Waals surface area (Å²) in [5.41, 5.74) is 3.08. The van der Waals surface area contributed by atoms with E-state index >= 15 is 0 Å². The molecule has 0 aliphatic heterocycles. The van der Waals surface area contributed by atoms with Crippen LogP contribution < -0.4 is 20.1 Å². The van der Waals surface area contributed by atoms with Crippen molar-refractivity contribution in [3.05, 3.63) is 80.0 Å². The number of ether oxygens (including phenoxy) is 2. The van der Waals surface area contributed by atoms with Crippen molar-refractivity contribution in [1.82, 2.24) is 0 Å². The molecule has 0 saturated carbocycles. The molecule has 0 atom stereocenters. The number of benzene rings is 3. The molecule has 0 bridgehead atoms. The third-order valence-corrected chi connectivity index (χ3v) is 5.87. The third-order valence-electron chi connectivity index (χ3n) is 4.59. The molecule has 0 radical (unpaired) electrons. The second kappa shape index (κ2) is 11.6. The van der Waals surface area contributed by atoms with Crippen molar-refractivity contribution < 1.29 is 18.7 Å². The molecule has 0 heterocycles. The van der Waals surface area contributed by atoms with E-state index in [4.69, 9.17) is 32.7 Å². The van der Waals surface area contributed by atoms with Crippen LogP contribution in [0.2, 0.25) is 10.0 Å². The van der Waals surface area contributed by atoms with Gasteiger partial charge < -0.3 is 20.1 Å². The van der Waals surface area contributed by atoms with E-state index in [9.17, 15) is 9.18 Å². The molecule has 0 aromatic heterocycles. The van der Waals surface area contributed by atoms with Gasteiger partial charge in [-0.25, -0.2) is 4.39 Å². The summed E-state index contributed by atoms with van der Waals surface area (Å²) in [5.74, 6) is 0.109. The molecule has 3 rings (SSSR count). The Morgan fingerprint density at radius 3 is 2.45 bits per heavy atom. The van der Waals surface area contributed by atoms with Gasteiger partial charge >= 0.3 is 0 Å². The zero-order valence-electron chi connectivity index (χ0n) is 18.0. The van der Waals surface area contributed by atoms with Gasteiger partial charge in [-0.3, -0.25) is 4.79 Å². The lowest BCUT2D eigenvalue weighted by atomic mass is 10.2. The fourth-order valence-electron chi connectivity index (χ4n) is 2.94. The second-order valence-corrected chi connectivity index (χ2v) is 8.79. The van der Waals surface area contributed by atoms with Gasteiger partial charge in [0, 0.05) is 22.9 Å². The van der Waals surface area contributed by atoms with Gasteiger partial charge in [0.05, 0.1) is 16.1 Å². The number of nitrogens with one attached hydrogen (secondary N) is 2. The second-order valence-electron chi connectivity index (χ2n) is 7.12. The Labute approximate surface area is 210 Å². The Bertz CT molecular complexity index is 1160. The Hall–Kier alpha value is -2.48. The van der Waals surface area contributed by atoms with Crippen LogP contribution in [0.1, 0.15) is 18.1 Å². The summed E-state index contributed by atoms with van der Waals surface area (Å²) < 4.78 is 25.5. The molecule has 9 heteroatoms. The Kier molecular flexibility index (Phi) is 8.83. The number of hydrogen-bond donors (Lipinski definition) is 2. The van der Waals surface area contributed by atoms with Crippen molar-refractivity contribution in [1.29, 1.82) is 0 Å². The lowest BCUT2D eigenvalue weighted by Gasteiger charge is -2.16. The van der Waals surface area contributed by atoms with Crippen molar-refractivity contribution in [2.75, 3.05) is 23.8 Å². The molecule has 3 aromatic rings. The van der Waals surface area contributed by atoms with Crippen LogP contribution in [0.3, 0.4) is 0 Å². The number of rotatable bonds is 9. The average molecular weight is 556 g/mol. The van der Waals surface area contributed by atoms with E-state index in [1.54, 1.807) is 18.2 Å². The van der Waals surface area contributed by atoms with Crippen LogP contribution in [-0.2, 0) is 11.3 Å². The van der Waals surface area contributed by atoms with Gasteiger partial charge in [-0.05, 0) is 83.4 Å². The molecular formula is C24H22BrCl2FN2O3. The molecule has 33 heavy (non-hydrogen) atoms. The highest BCUT2D eigenvalue weighted by molar-refractivity contribution is 9.10. The Morgan fingerprint density at radius 1 is 1.03 bits per heavy atom. The lowest BCUT2D eigenvalue weighted by Crippen LogP contribution is -2.20. The van der Waals surface area contributed by atoms with E-state index in [0.29, 0.717) is 45.5 Å². The zero-order chi connectivity index (χ0) is 24.0. The molecule has 0 saturated heterocycles. The first-order chi connectivity index (χ1) is 15.8. The van der Waals surface area contributed by atoms with Gasteiger partial charge in [-0.1, -0.05) is 29.3 Å². The molecule has 0 aliphatic rings. The minimum Gasteiger partial charge on any atom is -0.490 e. The molecule has 0 spiro atoms. The lowest BCUT2D eigenvalue weighted by molar-refractivity contribution is -0.118. The number of amides is 1. The van der Waals surface area contributed by atoms with Gasteiger partial charge in [0.15, 0.2) is 18.1 Å². The summed E-state index contributed by atoms with van der Waals surface area (Å²) >= 11 is 15.4. The number of aryl methyl sites for hydroxylation is 1. The van der Waals surface area contributed by atoms with E-state index in [0.717, 1.165) is 11.1 Å². The van der Waals surface area contributed by atoms with E-state index in [2.05, 4.69) is 26.6 Å². The molecule has 5 nitrogen and oxygen atoms in total. The average Bonchev–Trinajstić information content (AvgIpc) is 2.77. The minimum absolute atomic E-state index is 0.0473. The van der Waals surface area contributed by atoms with Crippen LogP contribution in [0, 0.1) is 12.7 Å². The fraction of sp³-hybridized carbons (Fsp3) is 0.208. The van der Waals surface area contributed by atoms with Crippen LogP contribution in [0.4, 0.5) is 15.8 Å². The van der Waals surface area contributed by atoms with Gasteiger partial charge in [0.25, 0.3) is 5.91 Å². The number of carbonyl (C=O) groups excluding carboxylic acids is 1. The number of halogens is 4. The largest absolute Gasteiger partial charge is 0.490 e. The maximum Gasteiger partial charge on any atom is 0.262 e. The molecule has 0 aliphatic carbocycles. The predicted molar refractivity (Wildman–Crippen MR) is 134 cm³/mol. The monoisotopic (exact) mass is 554 g/mol. The van der Waals surface area contributed by atoms with Crippen molar-refractivity contribution in [2.24, 2.45) is 0 Å². The summed E-state index contributed by atoms with van der Waals surface area (Å²) in [6, 6.07) is 13.4. The first-order valence-corrected chi connectivity index (χ1v) is 11.6. The summed E-state index contributed by atoms with van der Waals surface area (Å²) in [6.07, 6.45) is 0. The zero-order valence-corrected chi connectivity index (χ0v) is 21.1. The minimum atomic E-state index is -0.473. The first-order valence-electron chi connectivity index (χ1n) is 10.1. The topological polar surface area (TPSA) is 59.6 Å². The van der Waals surface area contributed by atoms with Crippen LogP contribution in [-0.4, -0.2) is 19.1 Å². The number of anilines is 2.